The predicted octanol–water partition coefficient (Wildman–Crippen LogP) is 1.00. The summed E-state index contributed by atoms with van der Waals surface area (Å²) in [5, 5.41) is 7.05. The number of hydrogen-bond donors (Lipinski definition) is 1. The predicted molar refractivity (Wildman–Crippen MR) is 49.5 cm³/mol. The minimum Gasteiger partial charge on any atom is -0.273 e. The maximum absolute atomic E-state index is 10.9. The van der Waals surface area contributed by atoms with E-state index in [4.69, 9.17) is 0 Å². The molecule has 0 aliphatic carbocycles. The van der Waals surface area contributed by atoms with Crippen molar-refractivity contribution in [2.24, 2.45) is 7.05 Å². The van der Waals surface area contributed by atoms with Crippen molar-refractivity contribution in [2.75, 3.05) is 5.75 Å². The highest BCUT2D eigenvalue weighted by molar-refractivity contribution is 7.99. The molecule has 0 saturated heterocycles. The average Bonchev–Trinajstić information content (AvgIpc) is 2.36. The van der Waals surface area contributed by atoms with Crippen molar-refractivity contribution in [1.29, 1.82) is 0 Å². The first-order valence-electron chi connectivity index (χ1n) is 4.00. The number of nitrogens with zero attached hydrogens (tertiary/aromatic N) is 2. The van der Waals surface area contributed by atoms with Gasteiger partial charge in [0, 0.05) is 12.8 Å². The Bertz CT molecular complexity index is 291. The summed E-state index contributed by atoms with van der Waals surface area (Å²) in [5.74, 6) is 1.02. The van der Waals surface area contributed by atoms with Crippen molar-refractivity contribution < 1.29 is 0 Å². The van der Waals surface area contributed by atoms with Gasteiger partial charge in [0.25, 0.3) is 0 Å². The van der Waals surface area contributed by atoms with E-state index in [1.807, 2.05) is 0 Å². The summed E-state index contributed by atoms with van der Waals surface area (Å²) in [7, 11) is 1.72. The SMILES string of the molecule is CCCCSc1n[nH]c(=O)n1C. The molecule has 1 N–H and O–H groups in total. The summed E-state index contributed by atoms with van der Waals surface area (Å²) < 4.78 is 1.53. The summed E-state index contributed by atoms with van der Waals surface area (Å²) >= 11 is 1.61. The maximum atomic E-state index is 10.9. The third-order valence-electron chi connectivity index (χ3n) is 1.57. The molecule has 0 fully saturated rings. The molecule has 1 aromatic rings. The largest absolute Gasteiger partial charge is 0.343 e. The van der Waals surface area contributed by atoms with Crippen molar-refractivity contribution in [1.82, 2.24) is 14.8 Å². The molecule has 1 aromatic heterocycles. The Labute approximate surface area is 75.4 Å². The van der Waals surface area contributed by atoms with E-state index in [0.29, 0.717) is 0 Å². The Morgan fingerprint density at radius 3 is 2.92 bits per heavy atom. The Kier molecular flexibility index (Phi) is 3.40. The van der Waals surface area contributed by atoms with Gasteiger partial charge in [-0.05, 0) is 6.42 Å². The summed E-state index contributed by atoms with van der Waals surface area (Å²) in [6.07, 6.45) is 2.33. The van der Waals surface area contributed by atoms with E-state index in [1.165, 1.54) is 11.0 Å². The van der Waals surface area contributed by atoms with Crippen LogP contribution in [0.25, 0.3) is 0 Å². The first kappa shape index (κ1) is 9.38. The number of nitrogens with one attached hydrogen (secondary N) is 1. The number of rotatable bonds is 4. The molecule has 0 radical (unpaired) electrons. The molecule has 0 bridgehead atoms. The summed E-state index contributed by atoms with van der Waals surface area (Å²) in [6.45, 7) is 2.14. The third kappa shape index (κ3) is 2.14. The van der Waals surface area contributed by atoms with Gasteiger partial charge in [0.1, 0.15) is 0 Å². The fourth-order valence-electron chi connectivity index (χ4n) is 0.769. The van der Waals surface area contributed by atoms with E-state index in [-0.39, 0.29) is 5.69 Å². The second-order valence-electron chi connectivity index (χ2n) is 2.57. The van der Waals surface area contributed by atoms with Gasteiger partial charge < -0.3 is 0 Å². The van der Waals surface area contributed by atoms with Gasteiger partial charge in [-0.15, -0.1) is 5.10 Å². The Balaban J connectivity index is 2.52. The molecule has 4 nitrogen and oxygen atoms in total. The number of H-pyrrole nitrogens is 1. The first-order chi connectivity index (χ1) is 5.75. The lowest BCUT2D eigenvalue weighted by molar-refractivity contribution is 0.763. The van der Waals surface area contributed by atoms with Crippen molar-refractivity contribution in [3.63, 3.8) is 0 Å². The molecule has 12 heavy (non-hydrogen) atoms. The zero-order valence-corrected chi connectivity index (χ0v) is 8.15. The van der Waals surface area contributed by atoms with E-state index in [9.17, 15) is 4.79 Å². The molecule has 68 valence electrons. The number of unbranched alkanes of at least 4 members (excludes halogenated alkanes) is 1. The minimum absolute atomic E-state index is 0.144. The van der Waals surface area contributed by atoms with Crippen LogP contribution in [0.15, 0.2) is 9.95 Å². The molecule has 0 aliphatic rings. The third-order valence-corrected chi connectivity index (χ3v) is 2.68. The summed E-state index contributed by atoms with van der Waals surface area (Å²) in [6, 6.07) is 0. The van der Waals surface area contributed by atoms with E-state index in [2.05, 4.69) is 17.1 Å². The van der Waals surface area contributed by atoms with Gasteiger partial charge in [-0.25, -0.2) is 9.89 Å². The molecule has 0 spiro atoms. The summed E-state index contributed by atoms with van der Waals surface area (Å²) in [5.41, 5.74) is -0.144. The molecular formula is C7H13N3OS. The van der Waals surface area contributed by atoms with Crippen molar-refractivity contribution in [3.8, 4) is 0 Å². The zero-order chi connectivity index (χ0) is 8.97. The van der Waals surface area contributed by atoms with Crippen LogP contribution in [-0.4, -0.2) is 20.5 Å². The number of hydrogen-bond acceptors (Lipinski definition) is 3. The van der Waals surface area contributed by atoms with Crippen LogP contribution >= 0.6 is 11.8 Å². The monoisotopic (exact) mass is 187 g/mol. The van der Waals surface area contributed by atoms with Crippen LogP contribution in [0.2, 0.25) is 0 Å². The molecule has 1 heterocycles. The second kappa shape index (κ2) is 4.35. The molecule has 5 heteroatoms. The van der Waals surface area contributed by atoms with Crippen molar-refractivity contribution in [3.05, 3.63) is 10.5 Å². The fourth-order valence-corrected chi connectivity index (χ4v) is 1.77. The quantitative estimate of drug-likeness (QED) is 0.565. The van der Waals surface area contributed by atoms with E-state index in [0.717, 1.165) is 17.3 Å². The highest BCUT2D eigenvalue weighted by atomic mass is 32.2. The number of aromatic nitrogens is 3. The fraction of sp³-hybridized carbons (Fsp3) is 0.714. The maximum Gasteiger partial charge on any atom is 0.343 e. The van der Waals surface area contributed by atoms with E-state index < -0.39 is 0 Å². The highest BCUT2D eigenvalue weighted by Gasteiger charge is 2.02. The van der Waals surface area contributed by atoms with Gasteiger partial charge in [0.15, 0.2) is 5.16 Å². The molecule has 0 aromatic carbocycles. The first-order valence-corrected chi connectivity index (χ1v) is 4.98. The lowest BCUT2D eigenvalue weighted by Gasteiger charge is -1.96. The standard InChI is InChI=1S/C7H13N3OS/c1-3-4-5-12-7-9-8-6(11)10(7)2/h3-5H2,1-2H3,(H,8,11). The van der Waals surface area contributed by atoms with Crippen molar-refractivity contribution in [2.45, 2.75) is 24.9 Å². The van der Waals surface area contributed by atoms with Crippen LogP contribution in [0.5, 0.6) is 0 Å². The van der Waals surface area contributed by atoms with Gasteiger partial charge in [0.2, 0.25) is 0 Å². The van der Waals surface area contributed by atoms with Crippen LogP contribution in [0, 0.1) is 0 Å². The highest BCUT2D eigenvalue weighted by Crippen LogP contribution is 2.13. The van der Waals surface area contributed by atoms with E-state index >= 15 is 0 Å². The Morgan fingerprint density at radius 1 is 1.67 bits per heavy atom. The molecule has 1 rings (SSSR count). The van der Waals surface area contributed by atoms with Gasteiger partial charge >= 0.3 is 5.69 Å². The summed E-state index contributed by atoms with van der Waals surface area (Å²) in [4.78, 5) is 10.9. The lowest BCUT2D eigenvalue weighted by Crippen LogP contribution is -2.12. The average molecular weight is 187 g/mol. The zero-order valence-electron chi connectivity index (χ0n) is 7.33. The minimum atomic E-state index is -0.144. The number of thioether (sulfide) groups is 1. The van der Waals surface area contributed by atoms with Crippen LogP contribution in [0.1, 0.15) is 19.8 Å². The molecule has 0 unspecified atom stereocenters. The normalized spacial score (nSPS) is 10.5. The smallest absolute Gasteiger partial charge is 0.273 e. The Morgan fingerprint density at radius 2 is 2.42 bits per heavy atom. The van der Waals surface area contributed by atoms with Crippen LogP contribution in [-0.2, 0) is 7.05 Å². The van der Waals surface area contributed by atoms with Gasteiger partial charge in [-0.1, -0.05) is 25.1 Å². The van der Waals surface area contributed by atoms with E-state index in [1.54, 1.807) is 18.8 Å². The van der Waals surface area contributed by atoms with Crippen LogP contribution in [0.3, 0.4) is 0 Å². The van der Waals surface area contributed by atoms with Crippen LogP contribution < -0.4 is 5.69 Å². The van der Waals surface area contributed by atoms with Gasteiger partial charge in [-0.2, -0.15) is 0 Å². The topological polar surface area (TPSA) is 50.7 Å². The molecule has 0 atom stereocenters. The molecule has 0 aliphatic heterocycles. The number of aromatic amines is 1. The Hall–Kier alpha value is -0.710. The van der Waals surface area contributed by atoms with Gasteiger partial charge in [0.05, 0.1) is 0 Å². The van der Waals surface area contributed by atoms with Crippen molar-refractivity contribution >= 4 is 11.8 Å². The van der Waals surface area contributed by atoms with Gasteiger partial charge in [-0.3, -0.25) is 4.57 Å². The lowest BCUT2D eigenvalue weighted by atomic mass is 10.4. The molecular weight excluding hydrogens is 174 g/mol. The molecule has 0 amide bonds. The second-order valence-corrected chi connectivity index (χ2v) is 3.63. The molecule has 0 saturated carbocycles. The van der Waals surface area contributed by atoms with Crippen LogP contribution in [0.4, 0.5) is 0 Å².